The van der Waals surface area contributed by atoms with Gasteiger partial charge in [-0.3, -0.25) is 0 Å². The summed E-state index contributed by atoms with van der Waals surface area (Å²) < 4.78 is 6.33. The summed E-state index contributed by atoms with van der Waals surface area (Å²) in [5.74, 6) is 0. The van der Waals surface area contributed by atoms with E-state index in [-0.39, 0.29) is 0 Å². The summed E-state index contributed by atoms with van der Waals surface area (Å²) in [6.45, 7) is 0. The minimum atomic E-state index is 0.892. The zero-order valence-electron chi connectivity index (χ0n) is 27.3. The van der Waals surface area contributed by atoms with Gasteiger partial charge in [-0.25, -0.2) is 0 Å². The summed E-state index contributed by atoms with van der Waals surface area (Å²) in [4.78, 5) is 2.39. The van der Waals surface area contributed by atoms with Gasteiger partial charge in [0.15, 0.2) is 0 Å². The van der Waals surface area contributed by atoms with Crippen LogP contribution < -0.4 is 4.90 Å². The van der Waals surface area contributed by atoms with E-state index in [4.69, 9.17) is 4.42 Å². The van der Waals surface area contributed by atoms with Crippen LogP contribution >= 0.6 is 0 Å². The SMILES string of the molecule is c1ccc(N(c2ccc(-c3cccc4c3ccc3ccccc34)cc2)c2ccc3ccccc3c2)c(-c2cccc3oc4ccccc4c23)c1. The molecule has 0 aliphatic carbocycles. The number of rotatable bonds is 5. The third-order valence-electron chi connectivity index (χ3n) is 10.1. The van der Waals surface area contributed by atoms with Crippen LogP contribution in [-0.2, 0) is 0 Å². The summed E-state index contributed by atoms with van der Waals surface area (Å²) in [6, 6.07) is 67.6. The first-order valence-corrected chi connectivity index (χ1v) is 17.1. The van der Waals surface area contributed by atoms with Crippen LogP contribution in [0.1, 0.15) is 0 Å². The average molecular weight is 638 g/mol. The fourth-order valence-corrected chi connectivity index (χ4v) is 7.72. The van der Waals surface area contributed by atoms with Crippen LogP contribution in [0.5, 0.6) is 0 Å². The maximum atomic E-state index is 6.33. The molecule has 0 saturated heterocycles. The minimum absolute atomic E-state index is 0.892. The monoisotopic (exact) mass is 637 g/mol. The molecule has 50 heavy (non-hydrogen) atoms. The second kappa shape index (κ2) is 11.5. The summed E-state index contributed by atoms with van der Waals surface area (Å²) in [5.41, 5.74) is 9.79. The Balaban J connectivity index is 1.17. The van der Waals surface area contributed by atoms with Crippen LogP contribution in [0.3, 0.4) is 0 Å². The van der Waals surface area contributed by atoms with Gasteiger partial charge in [0.05, 0.1) is 5.69 Å². The molecule has 0 N–H and O–H groups in total. The lowest BCUT2D eigenvalue weighted by Gasteiger charge is -2.28. The standard InChI is InChI=1S/C48H31NO/c1-2-13-35-31-37(29-23-32(35)11-1)49(45-20-7-5-15-42(45)43-19-10-22-47-48(43)44-16-6-8-21-46(44)50-47)36-27-24-34(25-28-36)39-17-9-18-40-38-14-4-3-12-33(38)26-30-41(39)40/h1-31H. The van der Waals surface area contributed by atoms with Crippen LogP contribution in [0.2, 0.25) is 0 Å². The van der Waals surface area contributed by atoms with Gasteiger partial charge in [-0.2, -0.15) is 0 Å². The van der Waals surface area contributed by atoms with Gasteiger partial charge in [0.2, 0.25) is 0 Å². The van der Waals surface area contributed by atoms with Crippen molar-refractivity contribution in [1.29, 1.82) is 0 Å². The first-order valence-electron chi connectivity index (χ1n) is 17.1. The molecule has 0 radical (unpaired) electrons. The van der Waals surface area contributed by atoms with Crippen molar-refractivity contribution in [2.45, 2.75) is 0 Å². The number of furan rings is 1. The summed E-state index contributed by atoms with van der Waals surface area (Å²) in [5, 5.41) is 9.76. The van der Waals surface area contributed by atoms with Crippen molar-refractivity contribution in [2.24, 2.45) is 0 Å². The Morgan fingerprint density at radius 1 is 0.340 bits per heavy atom. The summed E-state index contributed by atoms with van der Waals surface area (Å²) in [7, 11) is 0. The fraction of sp³-hybridized carbons (Fsp3) is 0. The van der Waals surface area contributed by atoms with Gasteiger partial charge in [0.1, 0.15) is 11.2 Å². The molecule has 10 aromatic rings. The quantitative estimate of drug-likeness (QED) is 0.175. The average Bonchev–Trinajstić information content (AvgIpc) is 3.57. The molecule has 0 unspecified atom stereocenters. The van der Waals surface area contributed by atoms with Gasteiger partial charge in [0.25, 0.3) is 0 Å². The lowest BCUT2D eigenvalue weighted by atomic mass is 9.94. The number of fused-ring (bicyclic) bond motifs is 7. The van der Waals surface area contributed by atoms with Crippen molar-refractivity contribution in [3.05, 3.63) is 188 Å². The lowest BCUT2D eigenvalue weighted by molar-refractivity contribution is 0.669. The van der Waals surface area contributed by atoms with Gasteiger partial charge < -0.3 is 9.32 Å². The van der Waals surface area contributed by atoms with Gasteiger partial charge in [-0.1, -0.05) is 146 Å². The maximum absolute atomic E-state index is 6.33. The molecule has 0 aliphatic heterocycles. The van der Waals surface area contributed by atoms with E-state index < -0.39 is 0 Å². The van der Waals surface area contributed by atoms with Crippen LogP contribution in [-0.4, -0.2) is 0 Å². The molecule has 2 nitrogen and oxygen atoms in total. The van der Waals surface area contributed by atoms with Crippen LogP contribution in [0, 0.1) is 0 Å². The Hall–Kier alpha value is -6.64. The van der Waals surface area contributed by atoms with E-state index in [1.165, 1.54) is 43.4 Å². The van der Waals surface area contributed by atoms with Gasteiger partial charge in [-0.15, -0.1) is 0 Å². The second-order valence-corrected chi connectivity index (χ2v) is 12.9. The zero-order valence-corrected chi connectivity index (χ0v) is 27.3. The van der Waals surface area contributed by atoms with E-state index >= 15 is 0 Å². The minimum Gasteiger partial charge on any atom is -0.456 e. The summed E-state index contributed by atoms with van der Waals surface area (Å²) in [6.07, 6.45) is 0. The van der Waals surface area contributed by atoms with E-state index in [0.717, 1.165) is 50.1 Å². The molecule has 0 bridgehead atoms. The molecule has 0 spiro atoms. The largest absolute Gasteiger partial charge is 0.456 e. The molecule has 0 saturated carbocycles. The number of hydrogen-bond donors (Lipinski definition) is 0. The molecule has 234 valence electrons. The predicted molar refractivity (Wildman–Crippen MR) is 212 cm³/mol. The van der Waals surface area contributed by atoms with Crippen molar-refractivity contribution in [2.75, 3.05) is 4.90 Å². The molecule has 0 aliphatic rings. The maximum Gasteiger partial charge on any atom is 0.136 e. The number of hydrogen-bond acceptors (Lipinski definition) is 2. The zero-order chi connectivity index (χ0) is 33.0. The van der Waals surface area contributed by atoms with E-state index in [0.29, 0.717) is 0 Å². The summed E-state index contributed by atoms with van der Waals surface area (Å²) >= 11 is 0. The Morgan fingerprint density at radius 2 is 0.960 bits per heavy atom. The molecule has 2 heteroatoms. The van der Waals surface area contributed by atoms with E-state index in [2.05, 4.69) is 181 Å². The lowest BCUT2D eigenvalue weighted by Crippen LogP contribution is -2.11. The highest BCUT2D eigenvalue weighted by molar-refractivity contribution is 6.14. The molecular weight excluding hydrogens is 607 g/mol. The molecule has 1 aromatic heterocycles. The van der Waals surface area contributed by atoms with E-state index in [9.17, 15) is 0 Å². The van der Waals surface area contributed by atoms with Crippen molar-refractivity contribution in [3.63, 3.8) is 0 Å². The normalized spacial score (nSPS) is 11.6. The number of nitrogens with zero attached hydrogens (tertiary/aromatic N) is 1. The first kappa shape index (κ1) is 28.4. The molecule has 1 heterocycles. The topological polar surface area (TPSA) is 16.4 Å². The van der Waals surface area contributed by atoms with Gasteiger partial charge in [-0.05, 0) is 91.5 Å². The molecule has 9 aromatic carbocycles. The number of anilines is 3. The van der Waals surface area contributed by atoms with Crippen molar-refractivity contribution >= 4 is 71.3 Å². The van der Waals surface area contributed by atoms with E-state index in [1.807, 2.05) is 12.1 Å². The third-order valence-corrected chi connectivity index (χ3v) is 10.1. The van der Waals surface area contributed by atoms with Crippen molar-refractivity contribution < 1.29 is 4.42 Å². The molecule has 0 amide bonds. The number of para-hydroxylation sites is 2. The highest BCUT2D eigenvalue weighted by Crippen LogP contribution is 2.45. The van der Waals surface area contributed by atoms with Crippen molar-refractivity contribution in [1.82, 2.24) is 0 Å². The molecule has 0 atom stereocenters. The Morgan fingerprint density at radius 3 is 1.86 bits per heavy atom. The Kier molecular flexibility index (Phi) is 6.53. The number of benzene rings is 9. The Labute approximate surface area is 290 Å². The molecule has 10 rings (SSSR count). The molecule has 0 fully saturated rings. The predicted octanol–water partition coefficient (Wildman–Crippen LogP) is 13.8. The Bertz CT molecular complexity index is 2880. The first-order chi connectivity index (χ1) is 24.8. The fourth-order valence-electron chi connectivity index (χ4n) is 7.72. The van der Waals surface area contributed by atoms with Gasteiger partial charge in [0, 0.05) is 27.7 Å². The van der Waals surface area contributed by atoms with Crippen LogP contribution in [0.4, 0.5) is 17.1 Å². The highest BCUT2D eigenvalue weighted by atomic mass is 16.3. The van der Waals surface area contributed by atoms with Gasteiger partial charge >= 0.3 is 0 Å². The highest BCUT2D eigenvalue weighted by Gasteiger charge is 2.20. The van der Waals surface area contributed by atoms with E-state index in [1.54, 1.807) is 0 Å². The third kappa shape index (κ3) is 4.57. The van der Waals surface area contributed by atoms with Crippen molar-refractivity contribution in [3.8, 4) is 22.3 Å². The second-order valence-electron chi connectivity index (χ2n) is 12.9. The van der Waals surface area contributed by atoms with Crippen LogP contribution in [0.15, 0.2) is 192 Å². The van der Waals surface area contributed by atoms with Crippen LogP contribution in [0.25, 0.3) is 76.5 Å². The molecular formula is C48H31NO. The smallest absolute Gasteiger partial charge is 0.136 e.